The molecule has 5 nitrogen and oxygen atoms in total. The summed E-state index contributed by atoms with van der Waals surface area (Å²) in [6.07, 6.45) is 1.63. The number of aryl methyl sites for hydroxylation is 1. The van der Waals surface area contributed by atoms with Crippen LogP contribution in [-0.2, 0) is 17.6 Å². The van der Waals surface area contributed by atoms with Crippen LogP contribution in [0.15, 0.2) is 77.3 Å². The molecule has 3 aromatic carbocycles. The van der Waals surface area contributed by atoms with Crippen LogP contribution in [0.3, 0.4) is 0 Å². The summed E-state index contributed by atoms with van der Waals surface area (Å²) in [5.74, 6) is 0.927. The summed E-state index contributed by atoms with van der Waals surface area (Å²) < 4.78 is 5.28. The van der Waals surface area contributed by atoms with Gasteiger partial charge in [-0.15, -0.1) is 0 Å². The molecular formula is C24H19N3O2. The molecular weight excluding hydrogens is 362 g/mol. The second-order valence-corrected chi connectivity index (χ2v) is 7.13. The van der Waals surface area contributed by atoms with Gasteiger partial charge in [-0.05, 0) is 40.8 Å². The highest BCUT2D eigenvalue weighted by molar-refractivity contribution is 5.92. The van der Waals surface area contributed by atoms with Crippen molar-refractivity contribution in [2.45, 2.75) is 19.3 Å². The number of fused-ring (bicyclic) bond motifs is 3. The van der Waals surface area contributed by atoms with Gasteiger partial charge >= 0.3 is 0 Å². The number of carbonyl (C=O) groups excluding carboxylic acids is 1. The van der Waals surface area contributed by atoms with Crippen molar-refractivity contribution in [1.29, 1.82) is 0 Å². The molecule has 0 spiro atoms. The highest BCUT2D eigenvalue weighted by atomic mass is 16.5. The lowest BCUT2D eigenvalue weighted by Gasteiger charge is -2.07. The van der Waals surface area contributed by atoms with Crippen LogP contribution in [0.4, 0.5) is 5.69 Å². The fourth-order valence-electron chi connectivity index (χ4n) is 3.71. The Morgan fingerprint density at radius 3 is 2.62 bits per heavy atom. The molecule has 1 aliphatic rings. The number of rotatable bonds is 5. The van der Waals surface area contributed by atoms with E-state index in [4.69, 9.17) is 4.52 Å². The van der Waals surface area contributed by atoms with Crippen molar-refractivity contribution in [1.82, 2.24) is 10.1 Å². The summed E-state index contributed by atoms with van der Waals surface area (Å²) >= 11 is 0. The quantitative estimate of drug-likeness (QED) is 0.471. The van der Waals surface area contributed by atoms with Gasteiger partial charge in [0, 0.05) is 24.1 Å². The van der Waals surface area contributed by atoms with Gasteiger partial charge in [0.15, 0.2) is 0 Å². The summed E-state index contributed by atoms with van der Waals surface area (Å²) in [7, 11) is 0. The minimum absolute atomic E-state index is 0.0734. The lowest BCUT2D eigenvalue weighted by atomic mass is 10.1. The normalized spacial score (nSPS) is 11.7. The fourth-order valence-corrected chi connectivity index (χ4v) is 3.71. The zero-order chi connectivity index (χ0) is 19.6. The first-order chi connectivity index (χ1) is 14.3. The summed E-state index contributed by atoms with van der Waals surface area (Å²) in [4.78, 5) is 16.8. The second-order valence-electron chi connectivity index (χ2n) is 7.13. The maximum Gasteiger partial charge on any atom is 0.227 e. The molecule has 1 aliphatic carbocycles. The molecule has 1 heterocycles. The molecule has 0 fully saturated rings. The van der Waals surface area contributed by atoms with Crippen LogP contribution in [0.5, 0.6) is 0 Å². The van der Waals surface area contributed by atoms with Crippen LogP contribution < -0.4 is 5.32 Å². The Balaban J connectivity index is 1.23. The summed E-state index contributed by atoms with van der Waals surface area (Å²) in [5, 5.41) is 6.97. The van der Waals surface area contributed by atoms with Gasteiger partial charge < -0.3 is 9.84 Å². The minimum Gasteiger partial charge on any atom is -0.339 e. The molecule has 0 unspecified atom stereocenters. The Bertz CT molecular complexity index is 1180. The summed E-state index contributed by atoms with van der Waals surface area (Å²) in [5.41, 5.74) is 6.77. The molecule has 5 heteroatoms. The van der Waals surface area contributed by atoms with Crippen LogP contribution in [0.25, 0.3) is 22.5 Å². The van der Waals surface area contributed by atoms with Gasteiger partial charge in [-0.3, -0.25) is 4.79 Å². The predicted octanol–water partition coefficient (Wildman–Crippen LogP) is 4.88. The highest BCUT2D eigenvalue weighted by Gasteiger charge is 2.18. The third kappa shape index (κ3) is 3.55. The van der Waals surface area contributed by atoms with E-state index < -0.39 is 0 Å². The number of carbonyl (C=O) groups is 1. The number of nitrogens with one attached hydrogen (secondary N) is 1. The third-order valence-electron chi connectivity index (χ3n) is 5.15. The van der Waals surface area contributed by atoms with Crippen LogP contribution in [0.2, 0.25) is 0 Å². The molecule has 1 N–H and O–H groups in total. The number of aromatic nitrogens is 2. The molecule has 0 bridgehead atoms. The average Bonchev–Trinajstić information content (AvgIpc) is 3.37. The van der Waals surface area contributed by atoms with E-state index >= 15 is 0 Å². The van der Waals surface area contributed by atoms with Crippen molar-refractivity contribution in [3.63, 3.8) is 0 Å². The van der Waals surface area contributed by atoms with Gasteiger partial charge in [-0.2, -0.15) is 4.98 Å². The van der Waals surface area contributed by atoms with Gasteiger partial charge in [-0.1, -0.05) is 65.8 Å². The van der Waals surface area contributed by atoms with Crippen molar-refractivity contribution in [2.24, 2.45) is 0 Å². The van der Waals surface area contributed by atoms with Gasteiger partial charge in [0.1, 0.15) is 0 Å². The first kappa shape index (κ1) is 17.4. The van der Waals surface area contributed by atoms with Crippen LogP contribution in [0.1, 0.15) is 23.4 Å². The molecule has 1 amide bonds. The average molecular weight is 381 g/mol. The number of nitrogens with zero attached hydrogens (tertiary/aromatic N) is 2. The smallest absolute Gasteiger partial charge is 0.227 e. The fraction of sp³-hybridized carbons (Fsp3) is 0.125. The van der Waals surface area contributed by atoms with Crippen molar-refractivity contribution in [3.05, 3.63) is 89.8 Å². The third-order valence-corrected chi connectivity index (χ3v) is 5.15. The van der Waals surface area contributed by atoms with Gasteiger partial charge in [0.25, 0.3) is 0 Å². The van der Waals surface area contributed by atoms with Gasteiger partial charge in [-0.25, -0.2) is 0 Å². The maximum atomic E-state index is 12.4. The van der Waals surface area contributed by atoms with Crippen LogP contribution in [0, 0.1) is 0 Å². The number of benzene rings is 3. The topological polar surface area (TPSA) is 68.0 Å². The number of anilines is 1. The Morgan fingerprint density at radius 2 is 1.72 bits per heavy atom. The molecule has 0 saturated heterocycles. The first-order valence-corrected chi connectivity index (χ1v) is 9.65. The number of hydrogen-bond donors (Lipinski definition) is 1. The van der Waals surface area contributed by atoms with Gasteiger partial charge in [0.05, 0.1) is 0 Å². The summed E-state index contributed by atoms with van der Waals surface area (Å²) in [6.45, 7) is 0. The molecule has 0 saturated carbocycles. The predicted molar refractivity (Wildman–Crippen MR) is 111 cm³/mol. The maximum absolute atomic E-state index is 12.4. The van der Waals surface area contributed by atoms with E-state index in [0.717, 1.165) is 17.7 Å². The van der Waals surface area contributed by atoms with Crippen molar-refractivity contribution < 1.29 is 9.32 Å². The van der Waals surface area contributed by atoms with E-state index in [2.05, 4.69) is 45.8 Å². The number of hydrogen-bond acceptors (Lipinski definition) is 4. The Labute approximate surface area is 168 Å². The molecule has 0 aliphatic heterocycles. The van der Waals surface area contributed by atoms with Crippen LogP contribution in [-0.4, -0.2) is 16.0 Å². The van der Waals surface area contributed by atoms with E-state index in [1.54, 1.807) is 0 Å². The molecule has 4 aromatic rings. The Hall–Kier alpha value is -3.73. The van der Waals surface area contributed by atoms with Crippen molar-refractivity contribution in [2.75, 3.05) is 5.32 Å². The van der Waals surface area contributed by atoms with E-state index in [-0.39, 0.29) is 12.3 Å². The monoisotopic (exact) mass is 381 g/mol. The highest BCUT2D eigenvalue weighted by Crippen LogP contribution is 2.37. The lowest BCUT2D eigenvalue weighted by molar-refractivity contribution is -0.116. The molecule has 1 aromatic heterocycles. The van der Waals surface area contributed by atoms with Gasteiger partial charge in [0.2, 0.25) is 17.6 Å². The Morgan fingerprint density at radius 1 is 0.931 bits per heavy atom. The van der Waals surface area contributed by atoms with E-state index in [1.807, 2.05) is 42.5 Å². The largest absolute Gasteiger partial charge is 0.339 e. The van der Waals surface area contributed by atoms with E-state index in [0.29, 0.717) is 18.1 Å². The minimum atomic E-state index is -0.0734. The second kappa shape index (κ2) is 7.36. The zero-order valence-corrected chi connectivity index (χ0v) is 15.8. The molecule has 142 valence electrons. The van der Waals surface area contributed by atoms with E-state index in [9.17, 15) is 4.79 Å². The van der Waals surface area contributed by atoms with Crippen molar-refractivity contribution in [3.8, 4) is 22.5 Å². The van der Waals surface area contributed by atoms with Crippen LogP contribution >= 0.6 is 0 Å². The number of amides is 1. The lowest BCUT2D eigenvalue weighted by Crippen LogP contribution is -2.12. The van der Waals surface area contributed by atoms with E-state index in [1.165, 1.54) is 22.3 Å². The molecule has 0 radical (unpaired) electrons. The van der Waals surface area contributed by atoms with Crippen molar-refractivity contribution >= 4 is 11.6 Å². The Kier molecular flexibility index (Phi) is 4.41. The molecule has 0 atom stereocenters. The molecule has 5 rings (SSSR count). The SMILES string of the molecule is O=C(CCc1nc(-c2ccccc2)no1)Nc1ccc2c(c1)-c1ccccc1C2. The molecule has 29 heavy (non-hydrogen) atoms. The summed E-state index contributed by atoms with van der Waals surface area (Å²) in [6, 6.07) is 24.1. The standard InChI is InChI=1S/C24H19N3O2/c28-22(12-13-23-26-24(27-29-23)16-6-2-1-3-7-16)25-19-11-10-18-14-17-8-4-5-9-20(17)21(18)15-19/h1-11,15H,12-14H2,(H,25,28). The zero-order valence-electron chi connectivity index (χ0n) is 15.8. The first-order valence-electron chi connectivity index (χ1n) is 9.65.